The largest absolute Gasteiger partial charge is 0.465 e. The fourth-order valence-corrected chi connectivity index (χ4v) is 3.02. The van der Waals surface area contributed by atoms with Crippen molar-refractivity contribution in [1.82, 2.24) is 5.32 Å². The number of non-ortho nitro benzene ring substituents is 1. The number of benzene rings is 2. The van der Waals surface area contributed by atoms with E-state index < -0.39 is 22.7 Å². The molecule has 33 heavy (non-hydrogen) atoms. The Morgan fingerprint density at radius 2 is 1.85 bits per heavy atom. The van der Waals surface area contributed by atoms with Gasteiger partial charge >= 0.3 is 5.97 Å². The summed E-state index contributed by atoms with van der Waals surface area (Å²) in [6.07, 6.45) is 1.28. The van der Waals surface area contributed by atoms with Gasteiger partial charge in [-0.2, -0.15) is 0 Å². The Kier molecular flexibility index (Phi) is 7.36. The van der Waals surface area contributed by atoms with Crippen LogP contribution in [0, 0.1) is 10.1 Å². The number of carbonyl (C=O) groups excluding carboxylic acids is 3. The topological polar surface area (TPSA) is 141 Å². The Hall–Kier alpha value is -4.25. The number of anilines is 1. The standard InChI is InChI=1S/C22H16BrN3O7/c1-32-22(29)14-5-3-6-15(12-14)24-20(27)17(25-21(28)18-8-9-19(23)33-18)11-13-4-2-7-16(10-13)26(30)31/h2-12H,1H3,(H,24,27)(H,25,28). The first-order chi connectivity index (χ1) is 15.8. The lowest BCUT2D eigenvalue weighted by molar-refractivity contribution is -0.384. The number of methoxy groups -OCH3 is 1. The van der Waals surface area contributed by atoms with Crippen molar-refractivity contribution in [2.45, 2.75) is 0 Å². The quantitative estimate of drug-likeness (QED) is 0.209. The molecule has 0 unspecified atom stereocenters. The number of amides is 2. The summed E-state index contributed by atoms with van der Waals surface area (Å²) >= 11 is 3.10. The van der Waals surface area contributed by atoms with Crippen molar-refractivity contribution in [2.75, 3.05) is 12.4 Å². The number of hydrogen-bond donors (Lipinski definition) is 2. The first kappa shape index (κ1) is 23.4. The predicted octanol–water partition coefficient (Wildman–Crippen LogP) is 4.15. The minimum absolute atomic E-state index is 0.0627. The van der Waals surface area contributed by atoms with Crippen LogP contribution in [0.3, 0.4) is 0 Å². The maximum absolute atomic E-state index is 13.0. The first-order valence-electron chi connectivity index (χ1n) is 9.29. The normalized spacial score (nSPS) is 10.9. The molecule has 0 fully saturated rings. The van der Waals surface area contributed by atoms with Gasteiger partial charge in [0.05, 0.1) is 17.6 Å². The number of esters is 1. The molecule has 1 aromatic heterocycles. The van der Waals surface area contributed by atoms with E-state index in [-0.39, 0.29) is 28.4 Å². The van der Waals surface area contributed by atoms with E-state index in [1.807, 2.05) is 0 Å². The van der Waals surface area contributed by atoms with Crippen LogP contribution in [0.1, 0.15) is 26.5 Å². The molecule has 2 amide bonds. The lowest BCUT2D eigenvalue weighted by Gasteiger charge is -2.11. The van der Waals surface area contributed by atoms with Gasteiger partial charge in [-0.3, -0.25) is 19.7 Å². The number of furan rings is 1. The van der Waals surface area contributed by atoms with Crippen molar-refractivity contribution in [3.05, 3.63) is 98.0 Å². The van der Waals surface area contributed by atoms with Crippen LogP contribution in [0.15, 0.2) is 75.4 Å². The zero-order valence-electron chi connectivity index (χ0n) is 17.0. The van der Waals surface area contributed by atoms with E-state index in [1.54, 1.807) is 12.1 Å². The second-order valence-corrected chi connectivity index (χ2v) is 7.28. The maximum atomic E-state index is 13.0. The SMILES string of the molecule is COC(=O)c1cccc(NC(=O)C(=Cc2cccc([N+](=O)[O-])c2)NC(=O)c2ccc(Br)o2)c1. The van der Waals surface area contributed by atoms with Crippen LogP contribution in [-0.4, -0.2) is 29.8 Å². The Balaban J connectivity index is 1.93. The van der Waals surface area contributed by atoms with E-state index in [2.05, 4.69) is 31.3 Å². The van der Waals surface area contributed by atoms with Gasteiger partial charge in [0.2, 0.25) is 0 Å². The molecule has 3 rings (SSSR count). The highest BCUT2D eigenvalue weighted by molar-refractivity contribution is 9.10. The lowest BCUT2D eigenvalue weighted by atomic mass is 10.1. The van der Waals surface area contributed by atoms with Crippen LogP contribution in [0.2, 0.25) is 0 Å². The minimum Gasteiger partial charge on any atom is -0.465 e. The van der Waals surface area contributed by atoms with Crippen LogP contribution in [0.25, 0.3) is 6.08 Å². The van der Waals surface area contributed by atoms with Crippen molar-refractivity contribution in [3.63, 3.8) is 0 Å². The van der Waals surface area contributed by atoms with Crippen molar-refractivity contribution in [3.8, 4) is 0 Å². The van der Waals surface area contributed by atoms with Gasteiger partial charge < -0.3 is 19.8 Å². The van der Waals surface area contributed by atoms with Crippen molar-refractivity contribution < 1.29 is 28.5 Å². The minimum atomic E-state index is -0.734. The molecule has 3 aromatic rings. The molecular formula is C22H16BrN3O7. The van der Waals surface area contributed by atoms with Crippen LogP contribution in [0.5, 0.6) is 0 Å². The molecule has 0 bridgehead atoms. The molecule has 11 heteroatoms. The number of nitro benzene ring substituents is 1. The number of hydrogen-bond acceptors (Lipinski definition) is 7. The number of nitrogens with zero attached hydrogens (tertiary/aromatic N) is 1. The van der Waals surface area contributed by atoms with Crippen molar-refractivity contribution in [1.29, 1.82) is 0 Å². The molecule has 2 N–H and O–H groups in total. The number of nitro groups is 1. The fourth-order valence-electron chi connectivity index (χ4n) is 2.71. The smallest absolute Gasteiger partial charge is 0.337 e. The van der Waals surface area contributed by atoms with Crippen LogP contribution < -0.4 is 10.6 Å². The van der Waals surface area contributed by atoms with Gasteiger partial charge in [0, 0.05) is 17.8 Å². The zero-order valence-corrected chi connectivity index (χ0v) is 18.6. The average Bonchev–Trinajstić information content (AvgIpc) is 3.24. The Bertz CT molecular complexity index is 1270. The van der Waals surface area contributed by atoms with E-state index in [0.29, 0.717) is 10.2 Å². The van der Waals surface area contributed by atoms with Gasteiger partial charge in [-0.1, -0.05) is 18.2 Å². The molecule has 0 aliphatic carbocycles. The third-order valence-corrected chi connectivity index (χ3v) is 4.65. The molecule has 0 saturated heterocycles. The third-order valence-electron chi connectivity index (χ3n) is 4.22. The van der Waals surface area contributed by atoms with E-state index in [1.165, 1.54) is 61.7 Å². The third kappa shape index (κ3) is 6.14. The number of halogens is 1. The van der Waals surface area contributed by atoms with Gasteiger partial charge in [0.25, 0.3) is 17.5 Å². The van der Waals surface area contributed by atoms with E-state index in [9.17, 15) is 24.5 Å². The average molecular weight is 514 g/mol. The molecule has 1 heterocycles. The predicted molar refractivity (Wildman–Crippen MR) is 121 cm³/mol. The Morgan fingerprint density at radius 3 is 2.52 bits per heavy atom. The molecule has 0 aliphatic rings. The van der Waals surface area contributed by atoms with E-state index in [4.69, 9.17) is 4.42 Å². The highest BCUT2D eigenvalue weighted by Gasteiger charge is 2.18. The molecule has 0 aliphatic heterocycles. The van der Waals surface area contributed by atoms with E-state index in [0.717, 1.165) is 0 Å². The summed E-state index contributed by atoms with van der Waals surface area (Å²) in [4.78, 5) is 47.8. The van der Waals surface area contributed by atoms with Crippen molar-refractivity contribution in [2.24, 2.45) is 0 Å². The maximum Gasteiger partial charge on any atom is 0.337 e. The van der Waals surface area contributed by atoms with Crippen LogP contribution >= 0.6 is 15.9 Å². The van der Waals surface area contributed by atoms with Gasteiger partial charge in [-0.05, 0) is 57.9 Å². The molecule has 10 nitrogen and oxygen atoms in total. The van der Waals surface area contributed by atoms with Gasteiger partial charge in [-0.25, -0.2) is 4.79 Å². The number of nitrogens with one attached hydrogen (secondary N) is 2. The summed E-state index contributed by atoms with van der Waals surface area (Å²) in [5, 5.41) is 16.1. The monoisotopic (exact) mass is 513 g/mol. The lowest BCUT2D eigenvalue weighted by Crippen LogP contribution is -2.30. The summed E-state index contributed by atoms with van der Waals surface area (Å²) in [7, 11) is 1.23. The first-order valence-corrected chi connectivity index (χ1v) is 10.1. The highest BCUT2D eigenvalue weighted by Crippen LogP contribution is 2.18. The molecular weight excluding hydrogens is 498 g/mol. The van der Waals surface area contributed by atoms with Crippen molar-refractivity contribution >= 4 is 51.2 Å². The molecule has 0 spiro atoms. The van der Waals surface area contributed by atoms with Crippen LogP contribution in [0.4, 0.5) is 11.4 Å². The highest BCUT2D eigenvalue weighted by atomic mass is 79.9. The van der Waals surface area contributed by atoms with Gasteiger partial charge in [0.1, 0.15) is 5.70 Å². The fraction of sp³-hybridized carbons (Fsp3) is 0.0455. The molecule has 2 aromatic carbocycles. The Labute approximate surface area is 195 Å². The molecule has 168 valence electrons. The molecule has 0 saturated carbocycles. The van der Waals surface area contributed by atoms with E-state index >= 15 is 0 Å². The number of carbonyl (C=O) groups is 3. The summed E-state index contributed by atoms with van der Waals surface area (Å²) < 4.78 is 10.2. The number of rotatable bonds is 7. The van der Waals surface area contributed by atoms with Gasteiger partial charge in [0.15, 0.2) is 10.4 Å². The zero-order chi connectivity index (χ0) is 24.0. The second-order valence-electron chi connectivity index (χ2n) is 6.49. The van der Waals surface area contributed by atoms with Crippen LogP contribution in [-0.2, 0) is 9.53 Å². The summed E-state index contributed by atoms with van der Waals surface area (Å²) in [5.41, 5.74) is 0.387. The second kappa shape index (κ2) is 10.4. The van der Waals surface area contributed by atoms with Gasteiger partial charge in [-0.15, -0.1) is 0 Å². The summed E-state index contributed by atoms with van der Waals surface area (Å²) in [5.74, 6) is -2.10. The molecule has 0 radical (unpaired) electrons. The summed E-state index contributed by atoms with van der Waals surface area (Å²) in [6.45, 7) is 0. The summed E-state index contributed by atoms with van der Waals surface area (Å²) in [6, 6.07) is 14.5. The Morgan fingerprint density at radius 1 is 1.09 bits per heavy atom. The molecule has 0 atom stereocenters. The number of ether oxygens (including phenoxy) is 1.